The maximum Gasteiger partial charge on any atom is 0.460 e. The minimum Gasteiger partial charge on any atom is -0.473 e. The van der Waals surface area contributed by atoms with Gasteiger partial charge in [0.15, 0.2) is 0 Å². The number of hydrogen-bond donors (Lipinski definition) is 0. The van der Waals surface area contributed by atoms with Crippen molar-refractivity contribution >= 4 is 7.12 Å². The summed E-state index contributed by atoms with van der Waals surface area (Å²) < 4.78 is 17.9. The van der Waals surface area contributed by atoms with Crippen molar-refractivity contribution in [3.05, 3.63) is 36.0 Å². The molecule has 5 heteroatoms. The average Bonchev–Trinajstić information content (AvgIpc) is 2.56. The Labute approximate surface area is 145 Å². The van der Waals surface area contributed by atoms with E-state index in [-0.39, 0.29) is 12.5 Å². The van der Waals surface area contributed by atoms with Gasteiger partial charge in [0.1, 0.15) is 6.61 Å². The van der Waals surface area contributed by atoms with Gasteiger partial charge in [0.2, 0.25) is 5.88 Å². The van der Waals surface area contributed by atoms with Crippen molar-refractivity contribution in [1.29, 1.82) is 0 Å². The summed E-state index contributed by atoms with van der Waals surface area (Å²) in [4.78, 5) is 4.22. The summed E-state index contributed by atoms with van der Waals surface area (Å²) in [7, 11) is -0.0787. The van der Waals surface area contributed by atoms with Gasteiger partial charge in [-0.1, -0.05) is 39.8 Å². The third-order valence-electron chi connectivity index (χ3n) is 5.06. The fourth-order valence-corrected chi connectivity index (χ4v) is 3.49. The number of ether oxygens (including phenoxy) is 1. The van der Waals surface area contributed by atoms with Crippen LogP contribution in [0.3, 0.4) is 0 Å². The fourth-order valence-electron chi connectivity index (χ4n) is 3.49. The van der Waals surface area contributed by atoms with Gasteiger partial charge in [0, 0.05) is 36.7 Å². The van der Waals surface area contributed by atoms with E-state index >= 15 is 0 Å². The van der Waals surface area contributed by atoms with E-state index in [9.17, 15) is 0 Å². The first-order valence-electron chi connectivity index (χ1n) is 8.92. The van der Waals surface area contributed by atoms with Gasteiger partial charge in [0.05, 0.1) is 0 Å². The standard InChI is InChI=1S/C19H28BNO3/c1-14-10-17(20-23-12-19(3,4)13-24-20)15(2)9-16(14)11-22-18-7-5-6-8-21-18/h5-9,14-15,17H,10-13H2,1-4H3. The van der Waals surface area contributed by atoms with Gasteiger partial charge in [-0.15, -0.1) is 0 Å². The minimum atomic E-state index is -0.0787. The fraction of sp³-hybridized carbons (Fsp3) is 0.632. The average molecular weight is 329 g/mol. The molecule has 1 aliphatic carbocycles. The Kier molecular flexibility index (Phi) is 5.31. The first kappa shape index (κ1) is 17.5. The molecule has 1 aliphatic heterocycles. The predicted octanol–water partition coefficient (Wildman–Crippen LogP) is 3.99. The molecule has 0 spiro atoms. The highest BCUT2D eigenvalue weighted by Gasteiger charge is 2.42. The normalized spacial score (nSPS) is 29.9. The molecule has 0 N–H and O–H groups in total. The topological polar surface area (TPSA) is 40.6 Å². The Morgan fingerprint density at radius 2 is 2.00 bits per heavy atom. The summed E-state index contributed by atoms with van der Waals surface area (Å²) in [5, 5.41) is 0. The van der Waals surface area contributed by atoms with Crippen LogP contribution in [0.5, 0.6) is 5.88 Å². The van der Waals surface area contributed by atoms with E-state index in [1.807, 2.05) is 18.2 Å². The van der Waals surface area contributed by atoms with Crippen LogP contribution >= 0.6 is 0 Å². The molecule has 3 atom stereocenters. The number of allylic oxidation sites excluding steroid dienone is 1. The maximum absolute atomic E-state index is 6.02. The summed E-state index contributed by atoms with van der Waals surface area (Å²) in [6.45, 7) is 11.0. The number of hydrogen-bond acceptors (Lipinski definition) is 4. The van der Waals surface area contributed by atoms with Crippen LogP contribution in [0.1, 0.15) is 34.1 Å². The summed E-state index contributed by atoms with van der Waals surface area (Å²) in [6.07, 6.45) is 5.17. The van der Waals surface area contributed by atoms with Crippen LogP contribution in [-0.2, 0) is 9.31 Å². The van der Waals surface area contributed by atoms with E-state index in [4.69, 9.17) is 14.0 Å². The second-order valence-electron chi connectivity index (χ2n) is 8.01. The number of aromatic nitrogens is 1. The van der Waals surface area contributed by atoms with Gasteiger partial charge in [0.25, 0.3) is 0 Å². The number of nitrogens with zero attached hydrogens (tertiary/aromatic N) is 1. The lowest BCUT2D eigenvalue weighted by molar-refractivity contribution is 0.0208. The van der Waals surface area contributed by atoms with E-state index in [1.54, 1.807) is 6.20 Å². The Morgan fingerprint density at radius 3 is 2.67 bits per heavy atom. The van der Waals surface area contributed by atoms with Gasteiger partial charge >= 0.3 is 7.12 Å². The number of rotatable bonds is 4. The smallest absolute Gasteiger partial charge is 0.460 e. The van der Waals surface area contributed by atoms with Crippen molar-refractivity contribution in [1.82, 2.24) is 4.98 Å². The molecule has 0 bridgehead atoms. The minimum absolute atomic E-state index is 0.0787. The molecule has 1 fully saturated rings. The van der Waals surface area contributed by atoms with Crippen LogP contribution in [-0.4, -0.2) is 31.9 Å². The molecule has 2 heterocycles. The molecule has 0 saturated carbocycles. The summed E-state index contributed by atoms with van der Waals surface area (Å²) in [6, 6.07) is 5.73. The van der Waals surface area contributed by atoms with E-state index in [2.05, 4.69) is 38.8 Å². The van der Waals surface area contributed by atoms with Crippen LogP contribution in [0.2, 0.25) is 5.82 Å². The zero-order chi connectivity index (χ0) is 17.2. The second kappa shape index (κ2) is 7.28. The van der Waals surface area contributed by atoms with Gasteiger partial charge in [-0.25, -0.2) is 4.98 Å². The Balaban J connectivity index is 1.59. The lowest BCUT2D eigenvalue weighted by Crippen LogP contribution is -2.45. The Bertz CT molecular complexity index is 565. The first-order chi connectivity index (χ1) is 11.4. The molecule has 130 valence electrons. The molecule has 0 radical (unpaired) electrons. The molecule has 4 nitrogen and oxygen atoms in total. The van der Waals surface area contributed by atoms with Crippen LogP contribution in [0.4, 0.5) is 0 Å². The lowest BCUT2D eigenvalue weighted by Gasteiger charge is -2.40. The van der Waals surface area contributed by atoms with Crippen LogP contribution < -0.4 is 4.74 Å². The lowest BCUT2D eigenvalue weighted by atomic mass is 9.58. The highest BCUT2D eigenvalue weighted by molar-refractivity contribution is 6.46. The SMILES string of the molecule is CC1CC(B2OCC(C)(C)CO2)C(C)C=C1COc1ccccn1. The third-order valence-corrected chi connectivity index (χ3v) is 5.06. The Morgan fingerprint density at radius 1 is 1.25 bits per heavy atom. The zero-order valence-electron chi connectivity index (χ0n) is 15.2. The molecule has 1 saturated heterocycles. The van der Waals surface area contributed by atoms with E-state index in [1.165, 1.54) is 5.57 Å². The van der Waals surface area contributed by atoms with Crippen molar-refractivity contribution in [2.24, 2.45) is 17.3 Å². The summed E-state index contributed by atoms with van der Waals surface area (Å²) in [5.41, 5.74) is 1.47. The predicted molar refractivity (Wildman–Crippen MR) is 95.9 cm³/mol. The van der Waals surface area contributed by atoms with E-state index in [0.717, 1.165) is 19.6 Å². The summed E-state index contributed by atoms with van der Waals surface area (Å²) >= 11 is 0. The molecule has 3 rings (SSSR count). The van der Waals surface area contributed by atoms with Crippen molar-refractivity contribution < 1.29 is 14.0 Å². The largest absolute Gasteiger partial charge is 0.473 e. The van der Waals surface area contributed by atoms with Crippen LogP contribution in [0.25, 0.3) is 0 Å². The van der Waals surface area contributed by atoms with Gasteiger partial charge in [-0.2, -0.15) is 0 Å². The molecule has 1 aromatic heterocycles. The molecule has 3 unspecified atom stereocenters. The van der Waals surface area contributed by atoms with E-state index < -0.39 is 0 Å². The van der Waals surface area contributed by atoms with Gasteiger partial charge in [-0.3, -0.25) is 0 Å². The Hall–Kier alpha value is -1.33. The molecule has 0 aromatic carbocycles. The molecular weight excluding hydrogens is 301 g/mol. The molecule has 0 amide bonds. The van der Waals surface area contributed by atoms with Crippen LogP contribution in [0.15, 0.2) is 36.0 Å². The molecule has 24 heavy (non-hydrogen) atoms. The van der Waals surface area contributed by atoms with Crippen molar-refractivity contribution in [3.63, 3.8) is 0 Å². The van der Waals surface area contributed by atoms with Crippen molar-refractivity contribution in [2.75, 3.05) is 19.8 Å². The zero-order valence-corrected chi connectivity index (χ0v) is 15.2. The third kappa shape index (κ3) is 4.20. The summed E-state index contributed by atoms with van der Waals surface area (Å²) in [5.74, 6) is 1.99. The quantitative estimate of drug-likeness (QED) is 0.618. The van der Waals surface area contributed by atoms with Crippen molar-refractivity contribution in [3.8, 4) is 5.88 Å². The first-order valence-corrected chi connectivity index (χ1v) is 8.92. The highest BCUT2D eigenvalue weighted by Crippen LogP contribution is 2.41. The molecule has 1 aromatic rings. The monoisotopic (exact) mass is 329 g/mol. The molecule has 2 aliphatic rings. The van der Waals surface area contributed by atoms with Gasteiger partial charge in [-0.05, 0) is 29.9 Å². The van der Waals surface area contributed by atoms with Crippen molar-refractivity contribution in [2.45, 2.75) is 39.9 Å². The van der Waals surface area contributed by atoms with Gasteiger partial charge < -0.3 is 14.0 Å². The molecular formula is C19H28BNO3. The maximum atomic E-state index is 6.02. The number of pyridine rings is 1. The van der Waals surface area contributed by atoms with E-state index in [0.29, 0.717) is 30.1 Å². The second-order valence-corrected chi connectivity index (χ2v) is 8.01. The highest BCUT2D eigenvalue weighted by atomic mass is 16.6. The van der Waals surface area contributed by atoms with Crippen LogP contribution in [0, 0.1) is 17.3 Å².